The Hall–Kier alpha value is -1.59. The fraction of sp³-hybridized carbons (Fsp3) is 0.421. The van der Waals surface area contributed by atoms with Crippen LogP contribution in [0.2, 0.25) is 0 Å². The van der Waals surface area contributed by atoms with E-state index >= 15 is 0 Å². The summed E-state index contributed by atoms with van der Waals surface area (Å²) in [4.78, 5) is 18.4. The Morgan fingerprint density at radius 3 is 2.75 bits per heavy atom. The standard InChI is InChI=1S/C19H22BrN3O/c1-12-18(13-7-9-23(12)10-8-13)22-19(24)17-6-5-16(21-17)14-3-2-4-15(20)11-14/h2-6,11-13,18,21H,7-10H2,1H3,(H,22,24)/t12-,18-/m0/s1. The number of nitrogens with zero attached hydrogens (tertiary/aromatic N) is 1. The highest BCUT2D eigenvalue weighted by Gasteiger charge is 2.40. The number of nitrogens with one attached hydrogen (secondary N) is 2. The lowest BCUT2D eigenvalue weighted by atomic mass is 9.79. The topological polar surface area (TPSA) is 48.1 Å². The van der Waals surface area contributed by atoms with Crippen LogP contribution in [0.1, 0.15) is 30.3 Å². The third kappa shape index (κ3) is 2.91. The van der Waals surface area contributed by atoms with Crippen LogP contribution in [0.5, 0.6) is 0 Å². The summed E-state index contributed by atoms with van der Waals surface area (Å²) in [6.45, 7) is 4.58. The summed E-state index contributed by atoms with van der Waals surface area (Å²) in [5, 5.41) is 3.27. The molecular formula is C19H22BrN3O. The number of amides is 1. The van der Waals surface area contributed by atoms with Crippen LogP contribution in [0.3, 0.4) is 0 Å². The molecule has 0 aliphatic carbocycles. The van der Waals surface area contributed by atoms with Crippen LogP contribution in [0.4, 0.5) is 0 Å². The number of carbonyl (C=O) groups excluding carboxylic acids is 1. The van der Waals surface area contributed by atoms with E-state index in [0.717, 1.165) is 15.7 Å². The van der Waals surface area contributed by atoms with E-state index in [1.165, 1.54) is 25.9 Å². The number of aromatic amines is 1. The molecule has 2 aromatic rings. The van der Waals surface area contributed by atoms with E-state index in [9.17, 15) is 4.79 Å². The Morgan fingerprint density at radius 1 is 1.25 bits per heavy atom. The third-order valence-corrected chi connectivity index (χ3v) is 6.04. The number of fused-ring (bicyclic) bond motifs is 3. The highest BCUT2D eigenvalue weighted by atomic mass is 79.9. The summed E-state index contributed by atoms with van der Waals surface area (Å²) in [6, 6.07) is 12.6. The van der Waals surface area contributed by atoms with Crippen molar-refractivity contribution in [3.63, 3.8) is 0 Å². The molecule has 4 nitrogen and oxygen atoms in total. The number of carbonyl (C=O) groups is 1. The van der Waals surface area contributed by atoms with Gasteiger partial charge in [0, 0.05) is 22.3 Å². The molecule has 2 N–H and O–H groups in total. The second-order valence-electron chi connectivity index (χ2n) is 6.91. The van der Waals surface area contributed by atoms with Gasteiger partial charge in [0.2, 0.25) is 0 Å². The van der Waals surface area contributed by atoms with Gasteiger partial charge in [0.05, 0.1) is 0 Å². The summed E-state index contributed by atoms with van der Waals surface area (Å²) in [6.07, 6.45) is 2.40. The van der Waals surface area contributed by atoms with E-state index in [0.29, 0.717) is 17.7 Å². The first-order valence-electron chi connectivity index (χ1n) is 8.62. The van der Waals surface area contributed by atoms with Gasteiger partial charge in [0.15, 0.2) is 0 Å². The lowest BCUT2D eigenvalue weighted by molar-refractivity contribution is 0.0216. The molecule has 1 aromatic carbocycles. The Bertz CT molecular complexity index is 747. The number of benzene rings is 1. The van der Waals surface area contributed by atoms with E-state index < -0.39 is 0 Å². The predicted molar refractivity (Wildman–Crippen MR) is 98.9 cm³/mol. The molecule has 2 bridgehead atoms. The van der Waals surface area contributed by atoms with Gasteiger partial charge in [-0.1, -0.05) is 28.1 Å². The van der Waals surface area contributed by atoms with Gasteiger partial charge in [0.25, 0.3) is 5.91 Å². The van der Waals surface area contributed by atoms with E-state index in [4.69, 9.17) is 0 Å². The molecule has 1 amide bonds. The van der Waals surface area contributed by atoms with Gasteiger partial charge >= 0.3 is 0 Å². The van der Waals surface area contributed by atoms with Crippen LogP contribution in [-0.4, -0.2) is 41.0 Å². The van der Waals surface area contributed by atoms with E-state index in [1.807, 2.05) is 36.4 Å². The molecule has 0 unspecified atom stereocenters. The number of halogens is 1. The van der Waals surface area contributed by atoms with Gasteiger partial charge < -0.3 is 10.3 Å². The summed E-state index contributed by atoms with van der Waals surface area (Å²) < 4.78 is 1.03. The van der Waals surface area contributed by atoms with Crippen molar-refractivity contribution in [3.05, 3.63) is 46.6 Å². The number of aromatic nitrogens is 1. The van der Waals surface area contributed by atoms with Crippen molar-refractivity contribution < 1.29 is 4.79 Å². The van der Waals surface area contributed by atoms with E-state index in [2.05, 4.69) is 38.1 Å². The van der Waals surface area contributed by atoms with E-state index in [-0.39, 0.29) is 11.9 Å². The Kier molecular flexibility index (Phi) is 4.22. The first kappa shape index (κ1) is 15.9. The lowest BCUT2D eigenvalue weighted by Crippen LogP contribution is -2.62. The molecular weight excluding hydrogens is 366 g/mol. The van der Waals surface area contributed by atoms with Crippen LogP contribution in [-0.2, 0) is 0 Å². The number of H-pyrrole nitrogens is 1. The largest absolute Gasteiger partial charge is 0.351 e. The molecule has 3 aliphatic rings. The van der Waals surface area contributed by atoms with Crippen LogP contribution < -0.4 is 5.32 Å². The van der Waals surface area contributed by atoms with Gasteiger partial charge in [-0.2, -0.15) is 0 Å². The first-order valence-corrected chi connectivity index (χ1v) is 9.41. The van der Waals surface area contributed by atoms with Crippen molar-refractivity contribution in [1.82, 2.24) is 15.2 Å². The first-order chi connectivity index (χ1) is 11.6. The fourth-order valence-electron chi connectivity index (χ4n) is 4.13. The van der Waals surface area contributed by atoms with Gasteiger partial charge in [-0.3, -0.25) is 9.69 Å². The van der Waals surface area contributed by atoms with Crippen molar-refractivity contribution in [1.29, 1.82) is 0 Å². The SMILES string of the molecule is C[C@H]1[C@H](NC(=O)c2ccc(-c3cccc(Br)c3)[nH]2)C2CCN1CC2. The molecule has 2 atom stereocenters. The van der Waals surface area contributed by atoms with Gasteiger partial charge in [-0.05, 0) is 68.6 Å². The molecule has 5 rings (SSSR count). The van der Waals surface area contributed by atoms with Crippen molar-refractivity contribution in [2.75, 3.05) is 13.1 Å². The number of rotatable bonds is 3. The zero-order valence-corrected chi connectivity index (χ0v) is 15.3. The van der Waals surface area contributed by atoms with Gasteiger partial charge in [-0.25, -0.2) is 0 Å². The average Bonchev–Trinajstić information content (AvgIpc) is 3.09. The molecule has 5 heteroatoms. The highest BCUT2D eigenvalue weighted by Crippen LogP contribution is 2.32. The zero-order valence-electron chi connectivity index (χ0n) is 13.8. The molecule has 1 aromatic heterocycles. The van der Waals surface area contributed by atoms with Crippen LogP contribution in [0.25, 0.3) is 11.3 Å². The highest BCUT2D eigenvalue weighted by molar-refractivity contribution is 9.10. The third-order valence-electron chi connectivity index (χ3n) is 5.54. The van der Waals surface area contributed by atoms with Crippen molar-refractivity contribution in [2.45, 2.75) is 31.8 Å². The number of hydrogen-bond donors (Lipinski definition) is 2. The van der Waals surface area contributed by atoms with Crippen molar-refractivity contribution in [3.8, 4) is 11.3 Å². The molecule has 24 heavy (non-hydrogen) atoms. The Morgan fingerprint density at radius 2 is 2.04 bits per heavy atom. The summed E-state index contributed by atoms with van der Waals surface area (Å²) in [7, 11) is 0. The summed E-state index contributed by atoms with van der Waals surface area (Å²) in [5.74, 6) is 0.621. The van der Waals surface area contributed by atoms with Crippen LogP contribution in [0.15, 0.2) is 40.9 Å². The molecule has 4 heterocycles. The van der Waals surface area contributed by atoms with Crippen LogP contribution in [0, 0.1) is 5.92 Å². The van der Waals surface area contributed by atoms with Gasteiger partial charge in [-0.15, -0.1) is 0 Å². The smallest absolute Gasteiger partial charge is 0.267 e. The number of piperidine rings is 3. The molecule has 0 saturated carbocycles. The zero-order chi connectivity index (χ0) is 16.7. The summed E-state index contributed by atoms with van der Waals surface area (Å²) >= 11 is 3.49. The number of hydrogen-bond acceptors (Lipinski definition) is 2. The minimum absolute atomic E-state index is 0.00171. The predicted octanol–water partition coefficient (Wildman–Crippen LogP) is 3.66. The second-order valence-corrected chi connectivity index (χ2v) is 7.82. The molecule has 3 aliphatic heterocycles. The van der Waals surface area contributed by atoms with E-state index in [1.54, 1.807) is 0 Å². The second kappa shape index (κ2) is 6.37. The minimum Gasteiger partial charge on any atom is -0.351 e. The van der Waals surface area contributed by atoms with Crippen molar-refractivity contribution >= 4 is 21.8 Å². The normalized spacial score (nSPS) is 28.8. The van der Waals surface area contributed by atoms with Crippen molar-refractivity contribution in [2.24, 2.45) is 5.92 Å². The average molecular weight is 388 g/mol. The Labute approximate surface area is 150 Å². The van der Waals surface area contributed by atoms with Gasteiger partial charge in [0.1, 0.15) is 5.69 Å². The summed E-state index contributed by atoms with van der Waals surface area (Å²) in [5.41, 5.74) is 2.66. The van der Waals surface area contributed by atoms with Crippen LogP contribution >= 0.6 is 15.9 Å². The monoisotopic (exact) mass is 387 g/mol. The molecule has 0 radical (unpaired) electrons. The fourth-order valence-corrected chi connectivity index (χ4v) is 4.53. The molecule has 3 saturated heterocycles. The lowest BCUT2D eigenvalue weighted by Gasteiger charge is -2.49. The maximum atomic E-state index is 12.7. The quantitative estimate of drug-likeness (QED) is 0.843. The Balaban J connectivity index is 1.49. The minimum atomic E-state index is 0.00171. The molecule has 126 valence electrons. The maximum absolute atomic E-state index is 12.7. The molecule has 0 spiro atoms. The maximum Gasteiger partial charge on any atom is 0.267 e. The molecule has 3 fully saturated rings.